The summed E-state index contributed by atoms with van der Waals surface area (Å²) >= 11 is 5.84. The summed E-state index contributed by atoms with van der Waals surface area (Å²) < 4.78 is 56.5. The lowest BCUT2D eigenvalue weighted by molar-refractivity contribution is -0.272. The maximum atomic E-state index is 14.2. The van der Waals surface area contributed by atoms with Crippen molar-refractivity contribution in [1.29, 1.82) is 0 Å². The molecular weight excluding hydrogens is 438 g/mol. The van der Waals surface area contributed by atoms with E-state index >= 15 is 0 Å². The second kappa shape index (κ2) is 7.20. The molecule has 164 valence electrons. The van der Waals surface area contributed by atoms with Gasteiger partial charge < -0.3 is 15.5 Å². The highest BCUT2D eigenvalue weighted by Crippen LogP contribution is 2.55. The second-order valence-corrected chi connectivity index (χ2v) is 8.19. The summed E-state index contributed by atoms with van der Waals surface area (Å²) in [6.07, 6.45) is -4.34. The fourth-order valence-electron chi connectivity index (χ4n) is 4.25. The maximum absolute atomic E-state index is 14.2. The average molecular weight is 456 g/mol. The van der Waals surface area contributed by atoms with Gasteiger partial charge in [0.2, 0.25) is 0 Å². The van der Waals surface area contributed by atoms with Crippen LogP contribution in [-0.2, 0) is 0 Å². The fourth-order valence-corrected chi connectivity index (χ4v) is 4.46. The standard InChI is InChI=1S/C21H18ClF4N3O2/c1-9-7-20(31,21(24,25)26)19(11-6-13(22)17(23)18(30)16(9)11)29-15-5-3-4-14-12(15)8-27-10(2)28-14/h3-6,8-9,19,29-31H,7H2,1-2H3/t9-,19?,20?/m1/s1. The zero-order valence-corrected chi connectivity index (χ0v) is 17.2. The van der Waals surface area contributed by atoms with Gasteiger partial charge in [0.15, 0.2) is 17.2 Å². The van der Waals surface area contributed by atoms with E-state index < -0.39 is 46.7 Å². The van der Waals surface area contributed by atoms with Crippen molar-refractivity contribution < 1.29 is 27.8 Å². The van der Waals surface area contributed by atoms with E-state index in [1.165, 1.54) is 19.2 Å². The minimum absolute atomic E-state index is 0.0272. The van der Waals surface area contributed by atoms with Gasteiger partial charge >= 0.3 is 6.18 Å². The number of rotatable bonds is 2. The highest BCUT2D eigenvalue weighted by molar-refractivity contribution is 6.31. The molecular formula is C21H18ClF4N3O2. The van der Waals surface area contributed by atoms with Crippen molar-refractivity contribution in [3.05, 3.63) is 58.3 Å². The van der Waals surface area contributed by atoms with Crippen LogP contribution in [0.5, 0.6) is 5.75 Å². The summed E-state index contributed by atoms with van der Waals surface area (Å²) in [4.78, 5) is 8.36. The third-order valence-corrected chi connectivity index (χ3v) is 5.98. The lowest BCUT2D eigenvalue weighted by atomic mass is 9.70. The van der Waals surface area contributed by atoms with E-state index in [1.807, 2.05) is 0 Å². The molecule has 1 aliphatic carbocycles. The van der Waals surface area contributed by atoms with Crippen LogP contribution >= 0.6 is 11.6 Å². The molecule has 5 nitrogen and oxygen atoms in total. The molecule has 0 bridgehead atoms. The van der Waals surface area contributed by atoms with Crippen LogP contribution in [0.2, 0.25) is 5.02 Å². The smallest absolute Gasteiger partial charge is 0.419 e. The van der Waals surface area contributed by atoms with Crippen molar-refractivity contribution in [2.75, 3.05) is 5.32 Å². The molecule has 3 aromatic rings. The number of hydrogen-bond acceptors (Lipinski definition) is 5. The molecule has 2 aromatic carbocycles. The summed E-state index contributed by atoms with van der Waals surface area (Å²) in [5.74, 6) is -2.43. The molecule has 0 aliphatic heterocycles. The van der Waals surface area contributed by atoms with E-state index in [0.717, 1.165) is 6.07 Å². The average Bonchev–Trinajstić information content (AvgIpc) is 2.67. The molecule has 2 unspecified atom stereocenters. The second-order valence-electron chi connectivity index (χ2n) is 7.78. The van der Waals surface area contributed by atoms with E-state index in [-0.39, 0.29) is 16.8 Å². The molecule has 3 atom stereocenters. The minimum atomic E-state index is -5.02. The van der Waals surface area contributed by atoms with Gasteiger partial charge in [-0.1, -0.05) is 24.6 Å². The number of alkyl halides is 3. The summed E-state index contributed by atoms with van der Waals surface area (Å²) in [5, 5.41) is 23.8. The Morgan fingerprint density at radius 3 is 2.68 bits per heavy atom. The van der Waals surface area contributed by atoms with Crippen LogP contribution in [0.15, 0.2) is 30.5 Å². The summed E-state index contributed by atoms with van der Waals surface area (Å²) in [7, 11) is 0. The van der Waals surface area contributed by atoms with E-state index in [1.54, 1.807) is 19.1 Å². The van der Waals surface area contributed by atoms with Gasteiger partial charge in [0.25, 0.3) is 0 Å². The summed E-state index contributed by atoms with van der Waals surface area (Å²) in [5.41, 5.74) is -2.63. The molecule has 0 spiro atoms. The highest BCUT2D eigenvalue weighted by Gasteiger charge is 2.62. The summed E-state index contributed by atoms with van der Waals surface area (Å²) in [6.45, 7) is 3.06. The van der Waals surface area contributed by atoms with Crippen LogP contribution in [0.1, 0.15) is 42.3 Å². The van der Waals surface area contributed by atoms with Crippen molar-refractivity contribution in [3.8, 4) is 5.75 Å². The van der Waals surface area contributed by atoms with E-state index in [9.17, 15) is 27.8 Å². The number of aromatic nitrogens is 2. The largest absolute Gasteiger partial charge is 0.505 e. The Morgan fingerprint density at radius 2 is 2.00 bits per heavy atom. The van der Waals surface area contributed by atoms with Gasteiger partial charge in [-0.2, -0.15) is 13.2 Å². The zero-order chi connectivity index (χ0) is 22.7. The van der Waals surface area contributed by atoms with Gasteiger partial charge in [0.1, 0.15) is 5.82 Å². The molecule has 4 rings (SSSR count). The van der Waals surface area contributed by atoms with Crippen LogP contribution in [0.4, 0.5) is 23.2 Å². The Balaban J connectivity index is 1.95. The molecule has 0 saturated heterocycles. The van der Waals surface area contributed by atoms with Crippen LogP contribution in [0.25, 0.3) is 10.9 Å². The third kappa shape index (κ3) is 3.36. The van der Waals surface area contributed by atoms with Gasteiger partial charge in [-0.05, 0) is 43.0 Å². The molecule has 0 amide bonds. The Bertz CT molecular complexity index is 1190. The lowest BCUT2D eigenvalue weighted by Crippen LogP contribution is -2.55. The maximum Gasteiger partial charge on any atom is 0.419 e. The predicted octanol–water partition coefficient (Wildman–Crippen LogP) is 5.39. The summed E-state index contributed by atoms with van der Waals surface area (Å²) in [6, 6.07) is 4.06. The predicted molar refractivity (Wildman–Crippen MR) is 108 cm³/mol. The van der Waals surface area contributed by atoms with Crippen molar-refractivity contribution in [2.45, 2.75) is 44.0 Å². The molecule has 0 fully saturated rings. The van der Waals surface area contributed by atoms with Gasteiger partial charge in [-0.25, -0.2) is 14.4 Å². The van der Waals surface area contributed by atoms with Crippen LogP contribution in [0, 0.1) is 12.7 Å². The normalized spacial score (nSPS) is 23.6. The molecule has 0 radical (unpaired) electrons. The first kappa shape index (κ1) is 21.6. The van der Waals surface area contributed by atoms with Crippen molar-refractivity contribution >= 4 is 28.2 Å². The lowest BCUT2D eigenvalue weighted by Gasteiger charge is -2.45. The number of nitrogens with zero attached hydrogens (tertiary/aromatic N) is 2. The number of nitrogens with one attached hydrogen (secondary N) is 1. The van der Waals surface area contributed by atoms with Gasteiger partial charge in [-0.3, -0.25) is 0 Å². The first-order valence-electron chi connectivity index (χ1n) is 9.43. The Labute approximate surface area is 179 Å². The Morgan fingerprint density at radius 1 is 1.29 bits per heavy atom. The highest BCUT2D eigenvalue weighted by atomic mass is 35.5. The topological polar surface area (TPSA) is 78.3 Å². The van der Waals surface area contributed by atoms with Crippen molar-refractivity contribution in [3.63, 3.8) is 0 Å². The third-order valence-electron chi connectivity index (χ3n) is 5.70. The number of aryl methyl sites for hydroxylation is 1. The van der Waals surface area contributed by atoms with Crippen LogP contribution in [0.3, 0.4) is 0 Å². The molecule has 0 saturated carbocycles. The van der Waals surface area contributed by atoms with Crippen molar-refractivity contribution in [1.82, 2.24) is 9.97 Å². The van der Waals surface area contributed by atoms with E-state index in [4.69, 9.17) is 11.6 Å². The number of benzene rings is 2. The van der Waals surface area contributed by atoms with Crippen molar-refractivity contribution in [2.24, 2.45) is 0 Å². The number of fused-ring (bicyclic) bond motifs is 2. The molecule has 1 heterocycles. The van der Waals surface area contributed by atoms with Gasteiger partial charge in [-0.15, -0.1) is 0 Å². The van der Waals surface area contributed by atoms with Crippen LogP contribution in [-0.4, -0.2) is 32.0 Å². The van der Waals surface area contributed by atoms with Gasteiger partial charge in [0, 0.05) is 22.8 Å². The number of aromatic hydroxyl groups is 1. The van der Waals surface area contributed by atoms with Gasteiger partial charge in [0.05, 0.1) is 16.6 Å². The Hall–Kier alpha value is -2.65. The van der Waals surface area contributed by atoms with E-state index in [2.05, 4.69) is 15.3 Å². The number of halogens is 5. The monoisotopic (exact) mass is 455 g/mol. The number of hydrogen-bond donors (Lipinski definition) is 3. The molecule has 10 heteroatoms. The SMILES string of the molecule is Cc1ncc2c(NC3c4cc(Cl)c(F)c(O)c4[C@H](C)CC3(O)C(F)(F)F)cccc2n1. The zero-order valence-electron chi connectivity index (χ0n) is 16.4. The number of phenolic OH excluding ortho intramolecular Hbond substituents is 1. The van der Waals surface area contributed by atoms with Crippen LogP contribution < -0.4 is 5.32 Å². The quantitative estimate of drug-likeness (QED) is 0.451. The molecule has 1 aromatic heterocycles. The minimum Gasteiger partial charge on any atom is -0.505 e. The fraction of sp³-hybridized carbons (Fsp3) is 0.333. The molecule has 1 aliphatic rings. The van der Waals surface area contributed by atoms with E-state index in [0.29, 0.717) is 16.7 Å². The first-order valence-corrected chi connectivity index (χ1v) is 9.80. The number of aliphatic hydroxyl groups is 1. The number of phenols is 1. The molecule has 31 heavy (non-hydrogen) atoms. The molecule has 3 N–H and O–H groups in total. The Kier molecular flexibility index (Phi) is 5.01. The number of anilines is 1. The first-order chi connectivity index (χ1) is 14.4.